The Balaban J connectivity index is 1.74. The lowest BCUT2D eigenvalue weighted by atomic mass is 10.2. The van der Waals surface area contributed by atoms with Crippen LogP contribution in [-0.4, -0.2) is 48.0 Å². The van der Waals surface area contributed by atoms with Gasteiger partial charge in [-0.2, -0.15) is 0 Å². The first-order valence-electron chi connectivity index (χ1n) is 8.61. The molecule has 0 aliphatic carbocycles. The third kappa shape index (κ3) is 4.56. The van der Waals surface area contributed by atoms with Gasteiger partial charge in [0, 0.05) is 46.6 Å². The first-order valence-corrected chi connectivity index (χ1v) is 11.6. The highest BCUT2D eigenvalue weighted by Gasteiger charge is 2.22. The molecule has 1 saturated heterocycles. The minimum absolute atomic E-state index is 0.129. The van der Waals surface area contributed by atoms with Crippen LogP contribution in [0.15, 0.2) is 47.4 Å². The molecule has 0 atom stereocenters. The Labute approximate surface area is 162 Å². The largest absolute Gasteiger partial charge is 0.337 e. The van der Waals surface area contributed by atoms with Crippen LogP contribution in [0, 0.1) is 13.8 Å². The Morgan fingerprint density at radius 1 is 1.04 bits per heavy atom. The second kappa shape index (κ2) is 7.82. The standard InChI is InChI=1S/C19H22N2O4S2/c1-14-3-4-15(2)18(13-14)27(24,25)20-17-7-5-16(6-8-17)19(22)21-9-11-26(23)12-10-21/h3-8,13,20H,9-12H2,1-2H3. The molecule has 0 bridgehead atoms. The Morgan fingerprint density at radius 3 is 2.30 bits per heavy atom. The second-order valence-corrected chi connectivity index (χ2v) is 9.94. The zero-order valence-corrected chi connectivity index (χ0v) is 16.9. The van der Waals surface area contributed by atoms with Gasteiger partial charge < -0.3 is 4.90 Å². The number of carbonyl (C=O) groups excluding carboxylic acids is 1. The predicted octanol–water partition coefficient (Wildman–Crippen LogP) is 2.31. The summed E-state index contributed by atoms with van der Waals surface area (Å²) in [7, 11) is -4.55. The molecule has 6 nitrogen and oxygen atoms in total. The minimum Gasteiger partial charge on any atom is -0.337 e. The summed E-state index contributed by atoms with van der Waals surface area (Å²) in [4.78, 5) is 14.4. The van der Waals surface area contributed by atoms with Crippen LogP contribution in [0.2, 0.25) is 0 Å². The van der Waals surface area contributed by atoms with Gasteiger partial charge >= 0.3 is 0 Å². The van der Waals surface area contributed by atoms with Gasteiger partial charge in [-0.1, -0.05) is 12.1 Å². The van der Waals surface area contributed by atoms with E-state index in [0.29, 0.717) is 41.4 Å². The summed E-state index contributed by atoms with van der Waals surface area (Å²) >= 11 is 0. The molecule has 1 fully saturated rings. The van der Waals surface area contributed by atoms with Crippen LogP contribution < -0.4 is 4.72 Å². The fourth-order valence-corrected chi connectivity index (χ4v) is 5.35. The highest BCUT2D eigenvalue weighted by molar-refractivity contribution is 7.92. The van der Waals surface area contributed by atoms with Crippen molar-refractivity contribution in [2.45, 2.75) is 18.7 Å². The summed E-state index contributed by atoms with van der Waals surface area (Å²) in [6.45, 7) is 4.55. The molecule has 0 unspecified atom stereocenters. The number of hydrogen-bond acceptors (Lipinski definition) is 4. The molecule has 1 aliphatic rings. The molecule has 144 valence electrons. The van der Waals surface area contributed by atoms with Gasteiger partial charge in [0.15, 0.2) is 0 Å². The van der Waals surface area contributed by atoms with Crippen molar-refractivity contribution in [1.82, 2.24) is 4.90 Å². The van der Waals surface area contributed by atoms with Crippen molar-refractivity contribution in [3.05, 3.63) is 59.2 Å². The number of anilines is 1. The van der Waals surface area contributed by atoms with E-state index < -0.39 is 20.8 Å². The van der Waals surface area contributed by atoms with Gasteiger partial charge in [0.1, 0.15) is 0 Å². The van der Waals surface area contributed by atoms with Gasteiger partial charge in [-0.15, -0.1) is 0 Å². The van der Waals surface area contributed by atoms with E-state index in [2.05, 4.69) is 4.72 Å². The number of carbonyl (C=O) groups is 1. The predicted molar refractivity (Wildman–Crippen MR) is 107 cm³/mol. The van der Waals surface area contributed by atoms with Gasteiger partial charge in [0.05, 0.1) is 4.90 Å². The Morgan fingerprint density at radius 2 is 1.67 bits per heavy atom. The SMILES string of the molecule is Cc1ccc(C)c(S(=O)(=O)Nc2ccc(C(=O)N3CCS(=O)CC3)cc2)c1. The van der Waals surface area contributed by atoms with Crippen molar-refractivity contribution in [3.63, 3.8) is 0 Å². The number of aryl methyl sites for hydroxylation is 2. The minimum atomic E-state index is -3.71. The van der Waals surface area contributed by atoms with Crippen LogP contribution in [0.1, 0.15) is 21.5 Å². The molecule has 0 aromatic heterocycles. The summed E-state index contributed by atoms with van der Waals surface area (Å²) in [5.41, 5.74) is 2.41. The van der Waals surface area contributed by atoms with E-state index in [1.165, 1.54) is 0 Å². The first-order chi connectivity index (χ1) is 12.8. The number of sulfonamides is 1. The van der Waals surface area contributed by atoms with E-state index in [9.17, 15) is 17.4 Å². The zero-order valence-electron chi connectivity index (χ0n) is 15.3. The maximum absolute atomic E-state index is 12.7. The summed E-state index contributed by atoms with van der Waals surface area (Å²) in [6.07, 6.45) is 0. The van der Waals surface area contributed by atoms with Gasteiger partial charge in [-0.05, 0) is 55.3 Å². The molecule has 3 rings (SSSR count). The van der Waals surface area contributed by atoms with E-state index in [4.69, 9.17) is 0 Å². The third-order valence-corrected chi connectivity index (χ3v) is 7.28. The average molecular weight is 407 g/mol. The molecule has 0 radical (unpaired) electrons. The number of benzene rings is 2. The lowest BCUT2D eigenvalue weighted by molar-refractivity contribution is 0.0771. The maximum atomic E-state index is 12.7. The van der Waals surface area contributed by atoms with Crippen LogP contribution in [0.3, 0.4) is 0 Å². The number of rotatable bonds is 4. The molecule has 0 spiro atoms. The Kier molecular flexibility index (Phi) is 5.67. The van der Waals surface area contributed by atoms with E-state index >= 15 is 0 Å². The highest BCUT2D eigenvalue weighted by Crippen LogP contribution is 2.21. The van der Waals surface area contributed by atoms with E-state index in [1.807, 2.05) is 13.0 Å². The molecule has 1 aliphatic heterocycles. The molecule has 27 heavy (non-hydrogen) atoms. The second-order valence-electron chi connectivity index (χ2n) is 6.59. The van der Waals surface area contributed by atoms with E-state index in [1.54, 1.807) is 48.2 Å². The van der Waals surface area contributed by atoms with Crippen molar-refractivity contribution in [2.75, 3.05) is 29.3 Å². The summed E-state index contributed by atoms with van der Waals surface area (Å²) < 4.78 is 39.3. The average Bonchev–Trinajstić information content (AvgIpc) is 2.64. The first kappa shape index (κ1) is 19.6. The normalized spacial score (nSPS) is 15.6. The lowest BCUT2D eigenvalue weighted by Gasteiger charge is -2.26. The van der Waals surface area contributed by atoms with Crippen LogP contribution in [0.4, 0.5) is 5.69 Å². The van der Waals surface area contributed by atoms with Crippen LogP contribution in [-0.2, 0) is 20.8 Å². The summed E-state index contributed by atoms with van der Waals surface area (Å²) in [5.74, 6) is 0.870. The molecular weight excluding hydrogens is 384 g/mol. The fraction of sp³-hybridized carbons (Fsp3) is 0.316. The van der Waals surface area contributed by atoms with Crippen LogP contribution in [0.5, 0.6) is 0 Å². The molecule has 8 heteroatoms. The fourth-order valence-electron chi connectivity index (χ4n) is 2.91. The molecule has 0 saturated carbocycles. The number of hydrogen-bond donors (Lipinski definition) is 1. The van der Waals surface area contributed by atoms with E-state index in [0.717, 1.165) is 5.56 Å². The van der Waals surface area contributed by atoms with E-state index in [-0.39, 0.29) is 10.8 Å². The Bertz CT molecular complexity index is 975. The van der Waals surface area contributed by atoms with Gasteiger partial charge in [0.25, 0.3) is 15.9 Å². The molecule has 1 heterocycles. The zero-order chi connectivity index (χ0) is 19.6. The van der Waals surface area contributed by atoms with Crippen LogP contribution in [0.25, 0.3) is 0 Å². The molecule has 2 aromatic carbocycles. The highest BCUT2D eigenvalue weighted by atomic mass is 32.2. The third-order valence-electron chi connectivity index (χ3n) is 4.48. The van der Waals surface area contributed by atoms with Gasteiger partial charge in [0.2, 0.25) is 0 Å². The van der Waals surface area contributed by atoms with Crippen molar-refractivity contribution in [3.8, 4) is 0 Å². The number of nitrogens with one attached hydrogen (secondary N) is 1. The number of amides is 1. The molecule has 1 N–H and O–H groups in total. The Hall–Kier alpha value is -2.19. The van der Waals surface area contributed by atoms with Crippen molar-refractivity contribution in [1.29, 1.82) is 0 Å². The smallest absolute Gasteiger partial charge is 0.262 e. The summed E-state index contributed by atoms with van der Waals surface area (Å²) in [6, 6.07) is 11.7. The van der Waals surface area contributed by atoms with Gasteiger partial charge in [-0.3, -0.25) is 13.7 Å². The molecule has 2 aromatic rings. The van der Waals surface area contributed by atoms with Crippen molar-refractivity contribution >= 4 is 32.4 Å². The number of nitrogens with zero attached hydrogens (tertiary/aromatic N) is 1. The molecular formula is C19H22N2O4S2. The topological polar surface area (TPSA) is 83.6 Å². The molecule has 1 amide bonds. The quantitative estimate of drug-likeness (QED) is 0.845. The van der Waals surface area contributed by atoms with Crippen molar-refractivity contribution in [2.24, 2.45) is 0 Å². The van der Waals surface area contributed by atoms with Gasteiger partial charge in [-0.25, -0.2) is 8.42 Å². The summed E-state index contributed by atoms with van der Waals surface area (Å²) in [5, 5.41) is 0. The lowest BCUT2D eigenvalue weighted by Crippen LogP contribution is -2.41. The van der Waals surface area contributed by atoms with Crippen LogP contribution >= 0.6 is 0 Å². The maximum Gasteiger partial charge on any atom is 0.262 e. The van der Waals surface area contributed by atoms with Crippen molar-refractivity contribution < 1.29 is 17.4 Å². The monoisotopic (exact) mass is 406 g/mol.